The lowest BCUT2D eigenvalue weighted by atomic mass is 9.88. The predicted molar refractivity (Wildman–Crippen MR) is 63.5 cm³/mol. The van der Waals surface area contributed by atoms with Gasteiger partial charge in [0.2, 0.25) is 0 Å². The van der Waals surface area contributed by atoms with Crippen LogP contribution in [0.2, 0.25) is 0 Å². The van der Waals surface area contributed by atoms with Gasteiger partial charge in [-0.2, -0.15) is 0 Å². The quantitative estimate of drug-likeness (QED) is 0.743. The molecule has 0 amide bonds. The van der Waals surface area contributed by atoms with Gasteiger partial charge < -0.3 is 11.5 Å². The highest BCUT2D eigenvalue weighted by atomic mass is 14.6. The van der Waals surface area contributed by atoms with Crippen LogP contribution in [0, 0.1) is 5.92 Å². The summed E-state index contributed by atoms with van der Waals surface area (Å²) in [5.41, 5.74) is 12.6. The molecule has 3 heteroatoms. The molecular formula is C12H21N3. The SMILES string of the molecule is CCC(CC(CN)CN)c1cccnc1. The first-order valence-electron chi connectivity index (χ1n) is 5.61. The first-order chi connectivity index (χ1) is 7.31. The molecule has 0 aliphatic heterocycles. The number of pyridine rings is 1. The molecule has 0 fully saturated rings. The van der Waals surface area contributed by atoms with E-state index in [9.17, 15) is 0 Å². The van der Waals surface area contributed by atoms with Crippen LogP contribution >= 0.6 is 0 Å². The van der Waals surface area contributed by atoms with Crippen molar-refractivity contribution in [1.82, 2.24) is 4.98 Å². The van der Waals surface area contributed by atoms with Crippen LogP contribution in [-0.2, 0) is 0 Å². The summed E-state index contributed by atoms with van der Waals surface area (Å²) in [6.07, 6.45) is 5.93. The number of nitrogens with two attached hydrogens (primary N) is 2. The monoisotopic (exact) mass is 207 g/mol. The third kappa shape index (κ3) is 3.61. The maximum Gasteiger partial charge on any atom is 0.0302 e. The highest BCUT2D eigenvalue weighted by Crippen LogP contribution is 2.25. The van der Waals surface area contributed by atoms with E-state index in [-0.39, 0.29) is 0 Å². The van der Waals surface area contributed by atoms with Gasteiger partial charge in [-0.3, -0.25) is 4.98 Å². The van der Waals surface area contributed by atoms with Crippen molar-refractivity contribution in [3.8, 4) is 0 Å². The molecule has 3 nitrogen and oxygen atoms in total. The highest BCUT2D eigenvalue weighted by Gasteiger charge is 2.14. The summed E-state index contributed by atoms with van der Waals surface area (Å²) in [6.45, 7) is 3.54. The molecule has 0 radical (unpaired) electrons. The number of rotatable bonds is 6. The average molecular weight is 207 g/mol. The number of hydrogen-bond acceptors (Lipinski definition) is 3. The van der Waals surface area contributed by atoms with Gasteiger partial charge in [-0.25, -0.2) is 0 Å². The normalized spacial score (nSPS) is 13.1. The Morgan fingerprint density at radius 2 is 2.07 bits per heavy atom. The van der Waals surface area contributed by atoms with Gasteiger partial charge in [-0.1, -0.05) is 13.0 Å². The Hall–Kier alpha value is -0.930. The van der Waals surface area contributed by atoms with Gasteiger partial charge in [0.1, 0.15) is 0 Å². The first kappa shape index (κ1) is 12.1. The van der Waals surface area contributed by atoms with E-state index < -0.39 is 0 Å². The molecule has 0 bridgehead atoms. The zero-order chi connectivity index (χ0) is 11.1. The van der Waals surface area contributed by atoms with Crippen molar-refractivity contribution in [3.05, 3.63) is 30.1 Å². The maximum absolute atomic E-state index is 5.67. The molecule has 0 aromatic carbocycles. The molecule has 4 N–H and O–H groups in total. The van der Waals surface area contributed by atoms with E-state index in [2.05, 4.69) is 18.0 Å². The van der Waals surface area contributed by atoms with Crippen molar-refractivity contribution in [2.75, 3.05) is 13.1 Å². The standard InChI is InChI=1S/C12H21N3/c1-2-11(6-10(7-13)8-14)12-4-3-5-15-9-12/h3-5,9-11H,2,6-8,13-14H2,1H3. The third-order valence-electron chi connectivity index (χ3n) is 2.93. The van der Waals surface area contributed by atoms with E-state index >= 15 is 0 Å². The van der Waals surface area contributed by atoms with Gasteiger partial charge in [0, 0.05) is 12.4 Å². The van der Waals surface area contributed by atoms with Crippen LogP contribution < -0.4 is 11.5 Å². The van der Waals surface area contributed by atoms with Gasteiger partial charge in [0.25, 0.3) is 0 Å². The minimum Gasteiger partial charge on any atom is -0.330 e. The van der Waals surface area contributed by atoms with Crippen LogP contribution in [-0.4, -0.2) is 18.1 Å². The number of hydrogen-bond donors (Lipinski definition) is 2. The summed E-state index contributed by atoms with van der Waals surface area (Å²) in [7, 11) is 0. The Balaban J connectivity index is 2.64. The minimum atomic E-state index is 0.426. The largest absolute Gasteiger partial charge is 0.330 e. The zero-order valence-corrected chi connectivity index (χ0v) is 9.39. The van der Waals surface area contributed by atoms with E-state index in [0.29, 0.717) is 24.9 Å². The van der Waals surface area contributed by atoms with Crippen molar-refractivity contribution in [2.24, 2.45) is 17.4 Å². The smallest absolute Gasteiger partial charge is 0.0302 e. The van der Waals surface area contributed by atoms with Crippen LogP contribution in [0.25, 0.3) is 0 Å². The van der Waals surface area contributed by atoms with Gasteiger partial charge in [0.15, 0.2) is 0 Å². The molecule has 1 aromatic rings. The molecule has 84 valence electrons. The molecule has 0 spiro atoms. The van der Waals surface area contributed by atoms with E-state index in [1.54, 1.807) is 6.20 Å². The van der Waals surface area contributed by atoms with Gasteiger partial charge in [-0.15, -0.1) is 0 Å². The van der Waals surface area contributed by atoms with Crippen molar-refractivity contribution in [2.45, 2.75) is 25.7 Å². The second kappa shape index (κ2) is 6.53. The fraction of sp³-hybridized carbons (Fsp3) is 0.583. The van der Waals surface area contributed by atoms with Crippen molar-refractivity contribution < 1.29 is 0 Å². The predicted octanol–water partition coefficient (Wildman–Crippen LogP) is 1.50. The number of nitrogens with zero attached hydrogens (tertiary/aromatic N) is 1. The lowest BCUT2D eigenvalue weighted by Gasteiger charge is -2.20. The molecule has 1 rings (SSSR count). The molecule has 1 unspecified atom stereocenters. The summed E-state index contributed by atoms with van der Waals surface area (Å²) in [4.78, 5) is 4.15. The zero-order valence-electron chi connectivity index (χ0n) is 9.39. The van der Waals surface area contributed by atoms with Crippen LogP contribution in [0.15, 0.2) is 24.5 Å². The molecule has 0 aliphatic rings. The summed E-state index contributed by atoms with van der Waals surface area (Å²) in [6, 6.07) is 4.11. The van der Waals surface area contributed by atoms with Crippen LogP contribution in [0.1, 0.15) is 31.2 Å². The Morgan fingerprint density at radius 3 is 2.53 bits per heavy atom. The number of aromatic nitrogens is 1. The molecule has 1 aromatic heterocycles. The fourth-order valence-electron chi connectivity index (χ4n) is 1.85. The highest BCUT2D eigenvalue weighted by molar-refractivity contribution is 5.14. The third-order valence-corrected chi connectivity index (χ3v) is 2.93. The molecule has 0 aliphatic carbocycles. The van der Waals surface area contributed by atoms with E-state index in [4.69, 9.17) is 11.5 Å². The molecule has 15 heavy (non-hydrogen) atoms. The first-order valence-corrected chi connectivity index (χ1v) is 5.61. The van der Waals surface area contributed by atoms with Crippen LogP contribution in [0.3, 0.4) is 0 Å². The lowest BCUT2D eigenvalue weighted by molar-refractivity contribution is 0.442. The Morgan fingerprint density at radius 1 is 1.33 bits per heavy atom. The average Bonchev–Trinajstić information content (AvgIpc) is 2.32. The van der Waals surface area contributed by atoms with Gasteiger partial charge in [-0.05, 0) is 49.4 Å². The summed E-state index contributed by atoms with van der Waals surface area (Å²) in [5, 5.41) is 0. The second-order valence-corrected chi connectivity index (χ2v) is 3.96. The maximum atomic E-state index is 5.67. The van der Waals surface area contributed by atoms with Gasteiger partial charge in [0.05, 0.1) is 0 Å². The topological polar surface area (TPSA) is 64.9 Å². The Kier molecular flexibility index (Phi) is 5.29. The van der Waals surface area contributed by atoms with Crippen LogP contribution in [0.4, 0.5) is 0 Å². The van der Waals surface area contributed by atoms with E-state index in [1.165, 1.54) is 5.56 Å². The summed E-state index contributed by atoms with van der Waals surface area (Å²) in [5.74, 6) is 0.964. The van der Waals surface area contributed by atoms with E-state index in [0.717, 1.165) is 12.8 Å². The molecular weight excluding hydrogens is 186 g/mol. The fourth-order valence-corrected chi connectivity index (χ4v) is 1.85. The van der Waals surface area contributed by atoms with Gasteiger partial charge >= 0.3 is 0 Å². The van der Waals surface area contributed by atoms with Crippen LogP contribution in [0.5, 0.6) is 0 Å². The molecule has 0 saturated carbocycles. The minimum absolute atomic E-state index is 0.426. The molecule has 1 atom stereocenters. The molecule has 0 saturated heterocycles. The van der Waals surface area contributed by atoms with Crippen molar-refractivity contribution in [1.29, 1.82) is 0 Å². The Labute approximate surface area is 91.9 Å². The molecule has 1 heterocycles. The van der Waals surface area contributed by atoms with Crippen molar-refractivity contribution in [3.63, 3.8) is 0 Å². The van der Waals surface area contributed by atoms with E-state index in [1.807, 2.05) is 12.3 Å². The lowest BCUT2D eigenvalue weighted by Crippen LogP contribution is -2.25. The second-order valence-electron chi connectivity index (χ2n) is 3.96. The Bertz CT molecular complexity index is 257. The summed E-state index contributed by atoms with van der Waals surface area (Å²) >= 11 is 0. The summed E-state index contributed by atoms with van der Waals surface area (Å²) < 4.78 is 0. The van der Waals surface area contributed by atoms with Crippen molar-refractivity contribution >= 4 is 0 Å².